The van der Waals surface area contributed by atoms with E-state index in [1.165, 1.54) is 6.07 Å². The van der Waals surface area contributed by atoms with Gasteiger partial charge in [-0.2, -0.15) is 0 Å². The van der Waals surface area contributed by atoms with Crippen LogP contribution in [0.25, 0.3) is 11.1 Å². The molecule has 2 heterocycles. The molecular formula is C24H22ClFN4O. The number of benzene rings is 2. The molecule has 0 fully saturated rings. The van der Waals surface area contributed by atoms with E-state index in [1.807, 2.05) is 52.7 Å². The van der Waals surface area contributed by atoms with Crippen LogP contribution in [0.15, 0.2) is 73.4 Å². The van der Waals surface area contributed by atoms with Crippen molar-refractivity contribution in [2.24, 2.45) is 0 Å². The van der Waals surface area contributed by atoms with Crippen molar-refractivity contribution in [3.05, 3.63) is 95.4 Å². The van der Waals surface area contributed by atoms with Gasteiger partial charge in [-0.1, -0.05) is 41.9 Å². The molecule has 4 rings (SSSR count). The van der Waals surface area contributed by atoms with Crippen molar-refractivity contribution in [1.29, 1.82) is 0 Å². The third kappa shape index (κ3) is 4.86. The molecule has 4 aromatic rings. The van der Waals surface area contributed by atoms with E-state index >= 15 is 0 Å². The second-order valence-corrected chi connectivity index (χ2v) is 7.80. The van der Waals surface area contributed by atoms with Gasteiger partial charge in [-0.15, -0.1) is 0 Å². The molecular weight excluding hydrogens is 415 g/mol. The van der Waals surface area contributed by atoms with Gasteiger partial charge >= 0.3 is 0 Å². The largest absolute Gasteiger partial charge is 0.337 e. The first-order chi connectivity index (χ1) is 15.0. The van der Waals surface area contributed by atoms with Crippen molar-refractivity contribution in [3.63, 3.8) is 0 Å². The normalized spacial score (nSPS) is 10.9. The zero-order valence-electron chi connectivity index (χ0n) is 17.1. The Morgan fingerprint density at radius 3 is 2.65 bits per heavy atom. The summed E-state index contributed by atoms with van der Waals surface area (Å²) in [6.45, 7) is 2.80. The first-order valence-corrected chi connectivity index (χ1v) is 10.3. The van der Waals surface area contributed by atoms with Gasteiger partial charge in [0.15, 0.2) is 0 Å². The minimum Gasteiger partial charge on any atom is -0.337 e. The number of carbonyl (C=O) groups excluding carboxylic acids is 1. The highest BCUT2D eigenvalue weighted by Crippen LogP contribution is 2.35. The van der Waals surface area contributed by atoms with Crippen LogP contribution in [0, 0.1) is 12.7 Å². The fraction of sp³-hybridized carbons (Fsp3) is 0.167. The fourth-order valence-electron chi connectivity index (χ4n) is 3.59. The van der Waals surface area contributed by atoms with Crippen LogP contribution < -0.4 is 5.32 Å². The van der Waals surface area contributed by atoms with E-state index < -0.39 is 0 Å². The van der Waals surface area contributed by atoms with Gasteiger partial charge < -0.3 is 14.5 Å². The van der Waals surface area contributed by atoms with Gasteiger partial charge in [0.2, 0.25) is 5.91 Å². The summed E-state index contributed by atoms with van der Waals surface area (Å²) in [6.07, 6.45) is 7.40. The van der Waals surface area contributed by atoms with Crippen LogP contribution in [-0.2, 0) is 17.9 Å². The number of nitrogens with zero attached hydrogens (tertiary/aromatic N) is 3. The minimum absolute atomic E-state index is 0.128. The summed E-state index contributed by atoms with van der Waals surface area (Å²) < 4.78 is 18.0. The number of nitrogens with one attached hydrogen (secondary N) is 1. The van der Waals surface area contributed by atoms with Gasteiger partial charge in [-0.25, -0.2) is 9.37 Å². The predicted octanol–water partition coefficient (Wildman–Crippen LogP) is 5.53. The maximum Gasteiger partial charge on any atom is 0.227 e. The maximum absolute atomic E-state index is 14.3. The molecule has 2 aromatic carbocycles. The zero-order chi connectivity index (χ0) is 21.8. The second-order valence-electron chi connectivity index (χ2n) is 7.36. The van der Waals surface area contributed by atoms with E-state index in [0.29, 0.717) is 35.9 Å². The molecule has 5 nitrogen and oxygen atoms in total. The molecule has 0 spiro atoms. The molecule has 0 unspecified atom stereocenters. The molecule has 0 atom stereocenters. The molecule has 0 radical (unpaired) electrons. The van der Waals surface area contributed by atoms with Crippen LogP contribution in [0.2, 0.25) is 5.02 Å². The van der Waals surface area contributed by atoms with Crippen molar-refractivity contribution in [2.75, 3.05) is 5.32 Å². The third-order valence-corrected chi connectivity index (χ3v) is 5.37. The molecule has 1 amide bonds. The number of hydrogen-bond donors (Lipinski definition) is 1. The minimum atomic E-state index is -0.278. The Hall–Kier alpha value is -3.38. The molecule has 0 saturated carbocycles. The number of halogens is 2. The zero-order valence-corrected chi connectivity index (χ0v) is 17.8. The highest BCUT2D eigenvalue weighted by atomic mass is 35.5. The molecule has 0 aliphatic heterocycles. The lowest BCUT2D eigenvalue weighted by atomic mass is 10.0. The van der Waals surface area contributed by atoms with E-state index in [1.54, 1.807) is 30.7 Å². The summed E-state index contributed by atoms with van der Waals surface area (Å²) in [7, 11) is 0. The Labute approximate surface area is 185 Å². The first kappa shape index (κ1) is 20.9. The van der Waals surface area contributed by atoms with Crippen LogP contribution in [-0.4, -0.2) is 20.0 Å². The maximum atomic E-state index is 14.3. The van der Waals surface area contributed by atoms with Gasteiger partial charge in [-0.3, -0.25) is 4.79 Å². The lowest BCUT2D eigenvalue weighted by molar-refractivity contribution is -0.116. The molecule has 0 bridgehead atoms. The SMILES string of the molecule is Cc1cn(Cc2ccccc2F)c(NC(=O)CCn2ccnc2)c1-c1ccc(Cl)cc1. The van der Waals surface area contributed by atoms with Gasteiger partial charge in [-0.05, 0) is 36.2 Å². The van der Waals surface area contributed by atoms with Crippen LogP contribution in [0.1, 0.15) is 17.5 Å². The van der Waals surface area contributed by atoms with E-state index in [2.05, 4.69) is 10.3 Å². The van der Waals surface area contributed by atoms with E-state index in [4.69, 9.17) is 11.6 Å². The molecule has 7 heteroatoms. The van der Waals surface area contributed by atoms with Crippen LogP contribution in [0.4, 0.5) is 10.2 Å². The van der Waals surface area contributed by atoms with Crippen molar-refractivity contribution in [1.82, 2.24) is 14.1 Å². The van der Waals surface area contributed by atoms with Crippen LogP contribution >= 0.6 is 11.6 Å². The molecule has 31 heavy (non-hydrogen) atoms. The Morgan fingerprint density at radius 2 is 1.94 bits per heavy atom. The van der Waals surface area contributed by atoms with Crippen molar-refractivity contribution >= 4 is 23.3 Å². The average molecular weight is 437 g/mol. The standard InChI is InChI=1S/C24H22ClFN4O/c1-17-14-30(15-19-4-2-3-5-21(19)26)24(23(17)18-6-8-20(25)9-7-18)28-22(31)10-12-29-13-11-27-16-29/h2-9,11,13-14,16H,10,12,15H2,1H3,(H,28,31). The average Bonchev–Trinajstić information content (AvgIpc) is 3.37. The molecule has 2 aromatic heterocycles. The Bertz CT molecular complexity index is 1180. The van der Waals surface area contributed by atoms with Gasteiger partial charge in [0.25, 0.3) is 0 Å². The quantitative estimate of drug-likeness (QED) is 0.414. The number of amides is 1. The fourth-order valence-corrected chi connectivity index (χ4v) is 3.71. The molecule has 0 saturated heterocycles. The Morgan fingerprint density at radius 1 is 1.16 bits per heavy atom. The number of rotatable bonds is 7. The number of carbonyl (C=O) groups is 1. The van der Waals surface area contributed by atoms with Crippen LogP contribution in [0.5, 0.6) is 0 Å². The lowest BCUT2D eigenvalue weighted by Gasteiger charge is -2.14. The summed E-state index contributed by atoms with van der Waals surface area (Å²) in [5.41, 5.74) is 3.35. The highest BCUT2D eigenvalue weighted by Gasteiger charge is 2.18. The van der Waals surface area contributed by atoms with E-state index in [9.17, 15) is 9.18 Å². The number of anilines is 1. The topological polar surface area (TPSA) is 51.9 Å². The van der Waals surface area contributed by atoms with Crippen molar-refractivity contribution in [2.45, 2.75) is 26.4 Å². The van der Waals surface area contributed by atoms with Gasteiger partial charge in [0.05, 0.1) is 12.9 Å². The summed E-state index contributed by atoms with van der Waals surface area (Å²) in [5.74, 6) is 0.231. The molecule has 158 valence electrons. The molecule has 1 N–H and O–H groups in total. The second kappa shape index (κ2) is 9.18. The third-order valence-electron chi connectivity index (χ3n) is 5.11. The predicted molar refractivity (Wildman–Crippen MR) is 121 cm³/mol. The first-order valence-electron chi connectivity index (χ1n) is 9.96. The monoisotopic (exact) mass is 436 g/mol. The number of aromatic nitrogens is 3. The Balaban J connectivity index is 1.67. The number of aryl methyl sites for hydroxylation is 2. The van der Waals surface area contributed by atoms with Crippen LogP contribution in [0.3, 0.4) is 0 Å². The van der Waals surface area contributed by atoms with E-state index in [0.717, 1.165) is 16.7 Å². The van der Waals surface area contributed by atoms with Gasteiger partial charge in [0, 0.05) is 47.7 Å². The summed E-state index contributed by atoms with van der Waals surface area (Å²) in [5, 5.41) is 3.69. The van der Waals surface area contributed by atoms with E-state index in [-0.39, 0.29) is 11.7 Å². The number of imidazole rings is 1. The summed E-state index contributed by atoms with van der Waals surface area (Å²) in [4.78, 5) is 16.8. The van der Waals surface area contributed by atoms with Crippen molar-refractivity contribution in [3.8, 4) is 11.1 Å². The smallest absolute Gasteiger partial charge is 0.227 e. The highest BCUT2D eigenvalue weighted by molar-refractivity contribution is 6.30. The Kier molecular flexibility index (Phi) is 6.18. The lowest BCUT2D eigenvalue weighted by Crippen LogP contribution is -2.17. The molecule has 0 aliphatic carbocycles. The molecule has 0 aliphatic rings. The van der Waals surface area contributed by atoms with Gasteiger partial charge in [0.1, 0.15) is 11.6 Å². The summed E-state index contributed by atoms with van der Waals surface area (Å²) >= 11 is 6.06. The summed E-state index contributed by atoms with van der Waals surface area (Å²) in [6, 6.07) is 14.1. The van der Waals surface area contributed by atoms with Crippen molar-refractivity contribution < 1.29 is 9.18 Å². The number of hydrogen-bond acceptors (Lipinski definition) is 2.